The largest absolute Gasteiger partial charge is 0.493 e. The molecule has 3 aliphatic rings. The third kappa shape index (κ3) is 2.72. The number of ether oxygens (including phenoxy) is 4. The molecule has 0 saturated heterocycles. The molecule has 0 spiro atoms. The van der Waals surface area contributed by atoms with E-state index in [9.17, 15) is 9.90 Å². The molecule has 2 unspecified atom stereocenters. The van der Waals surface area contributed by atoms with Gasteiger partial charge in [0.2, 0.25) is 6.79 Å². The molecule has 3 aliphatic heterocycles. The minimum Gasteiger partial charge on any atom is -0.493 e. The highest BCUT2D eigenvalue weighted by atomic mass is 16.7. The standard InChI is InChI=1S/C22H23NO6/c1-26-18-4-3-13-7-17-15-9-20-19(28-12-29-20)8-14(15)5-6-23(17,11-21(24)25)10-16(13)22(18)27-2/h3-4,8-9,17H,5-7,10-12H2,1-2H3/p+1. The van der Waals surface area contributed by atoms with Crippen molar-refractivity contribution in [3.05, 3.63) is 46.5 Å². The maximum absolute atomic E-state index is 11.9. The highest BCUT2D eigenvalue weighted by Crippen LogP contribution is 2.50. The first-order chi connectivity index (χ1) is 14.0. The van der Waals surface area contributed by atoms with Crippen LogP contribution in [0.1, 0.15) is 28.3 Å². The maximum atomic E-state index is 11.9. The number of hydrogen-bond acceptors (Lipinski definition) is 5. The molecule has 0 aliphatic carbocycles. The van der Waals surface area contributed by atoms with Crippen LogP contribution in [0.3, 0.4) is 0 Å². The Balaban J connectivity index is 1.66. The summed E-state index contributed by atoms with van der Waals surface area (Å²) in [5, 5.41) is 9.76. The molecule has 0 aromatic heterocycles. The Morgan fingerprint density at radius 2 is 1.97 bits per heavy atom. The second kappa shape index (κ2) is 6.56. The zero-order valence-corrected chi connectivity index (χ0v) is 16.6. The lowest BCUT2D eigenvalue weighted by Gasteiger charge is -2.50. The van der Waals surface area contributed by atoms with Gasteiger partial charge in [-0.1, -0.05) is 6.07 Å². The van der Waals surface area contributed by atoms with Crippen molar-refractivity contribution in [3.63, 3.8) is 0 Å². The molecule has 7 heteroatoms. The molecule has 0 saturated carbocycles. The molecular formula is C22H24NO6+. The Kier molecular flexibility index (Phi) is 4.10. The number of hydrogen-bond donors (Lipinski definition) is 1. The predicted molar refractivity (Wildman–Crippen MR) is 104 cm³/mol. The topological polar surface area (TPSA) is 74.2 Å². The van der Waals surface area contributed by atoms with E-state index in [2.05, 4.69) is 18.2 Å². The van der Waals surface area contributed by atoms with Gasteiger partial charge in [-0.25, -0.2) is 4.79 Å². The Labute approximate surface area is 169 Å². The van der Waals surface area contributed by atoms with Crippen molar-refractivity contribution < 1.29 is 33.3 Å². The van der Waals surface area contributed by atoms with Crippen molar-refractivity contribution in [1.82, 2.24) is 0 Å². The molecule has 7 nitrogen and oxygen atoms in total. The molecule has 2 aromatic rings. The van der Waals surface area contributed by atoms with Gasteiger partial charge in [0.25, 0.3) is 0 Å². The second-order valence-electron chi connectivity index (χ2n) is 7.97. The number of aliphatic carboxylic acids is 1. The molecule has 5 rings (SSSR count). The van der Waals surface area contributed by atoms with E-state index < -0.39 is 5.97 Å². The minimum absolute atomic E-state index is 0.0509. The van der Waals surface area contributed by atoms with Crippen LogP contribution < -0.4 is 18.9 Å². The minimum atomic E-state index is -0.787. The quantitative estimate of drug-likeness (QED) is 0.799. The Morgan fingerprint density at radius 3 is 2.69 bits per heavy atom. The average molecular weight is 398 g/mol. The first-order valence-corrected chi connectivity index (χ1v) is 9.77. The van der Waals surface area contributed by atoms with Crippen molar-refractivity contribution in [2.75, 3.05) is 34.1 Å². The summed E-state index contributed by atoms with van der Waals surface area (Å²) in [7, 11) is 3.26. The molecule has 2 atom stereocenters. The Morgan fingerprint density at radius 1 is 1.17 bits per heavy atom. The zero-order valence-electron chi connectivity index (χ0n) is 16.6. The Hall–Kier alpha value is -2.93. The third-order valence-electron chi connectivity index (χ3n) is 6.56. The fraction of sp³-hybridized carbons (Fsp3) is 0.409. The molecule has 3 heterocycles. The first kappa shape index (κ1) is 18.1. The lowest BCUT2D eigenvalue weighted by atomic mass is 9.81. The predicted octanol–water partition coefficient (Wildman–Crippen LogP) is 2.69. The number of carboxylic acid groups (broad SMARTS) is 1. The number of carbonyl (C=O) groups is 1. The number of fused-ring (bicyclic) bond motifs is 5. The van der Waals surface area contributed by atoms with E-state index in [-0.39, 0.29) is 19.4 Å². The lowest BCUT2D eigenvalue weighted by Crippen LogP contribution is -2.58. The Bertz CT molecular complexity index is 1000. The van der Waals surface area contributed by atoms with Crippen molar-refractivity contribution in [1.29, 1.82) is 0 Å². The highest BCUT2D eigenvalue weighted by molar-refractivity contribution is 5.68. The summed E-state index contributed by atoms with van der Waals surface area (Å²) in [5.74, 6) is 2.13. The van der Waals surface area contributed by atoms with Gasteiger partial charge in [-0.2, -0.15) is 0 Å². The fourth-order valence-corrected chi connectivity index (χ4v) is 5.25. The number of rotatable bonds is 4. The maximum Gasteiger partial charge on any atom is 0.359 e. The summed E-state index contributed by atoms with van der Waals surface area (Å²) >= 11 is 0. The molecular weight excluding hydrogens is 374 g/mol. The molecule has 0 amide bonds. The van der Waals surface area contributed by atoms with E-state index in [1.807, 2.05) is 6.07 Å². The summed E-state index contributed by atoms with van der Waals surface area (Å²) in [5.41, 5.74) is 4.62. The third-order valence-corrected chi connectivity index (χ3v) is 6.56. The molecule has 0 radical (unpaired) electrons. The molecule has 0 fully saturated rings. The molecule has 29 heavy (non-hydrogen) atoms. The SMILES string of the molecule is COc1ccc2c(c1OC)C[N+]1(CC(=O)O)CCc3cc4c(cc3C1C2)OCO4. The van der Waals surface area contributed by atoms with Crippen LogP contribution >= 0.6 is 0 Å². The molecule has 1 N–H and O–H groups in total. The fourth-order valence-electron chi connectivity index (χ4n) is 5.25. The molecule has 152 valence electrons. The zero-order chi connectivity index (χ0) is 20.2. The van der Waals surface area contributed by atoms with Gasteiger partial charge in [-0.3, -0.25) is 0 Å². The summed E-state index contributed by atoms with van der Waals surface area (Å²) < 4.78 is 22.8. The first-order valence-electron chi connectivity index (χ1n) is 9.77. The van der Waals surface area contributed by atoms with Gasteiger partial charge in [-0.05, 0) is 29.3 Å². The number of nitrogens with zero attached hydrogens (tertiary/aromatic N) is 1. The normalized spacial score (nSPS) is 23.6. The van der Waals surface area contributed by atoms with Crippen molar-refractivity contribution in [2.24, 2.45) is 0 Å². The van der Waals surface area contributed by atoms with Crippen LogP contribution in [0.15, 0.2) is 24.3 Å². The van der Waals surface area contributed by atoms with Crippen molar-refractivity contribution >= 4 is 5.97 Å². The van der Waals surface area contributed by atoms with Crippen LogP contribution in [0.5, 0.6) is 23.0 Å². The van der Waals surface area contributed by atoms with Crippen LogP contribution in [-0.2, 0) is 24.2 Å². The van der Waals surface area contributed by atoms with E-state index in [0.29, 0.717) is 22.5 Å². The monoisotopic (exact) mass is 398 g/mol. The van der Waals surface area contributed by atoms with Crippen molar-refractivity contribution in [2.45, 2.75) is 25.4 Å². The summed E-state index contributed by atoms with van der Waals surface area (Å²) in [6.07, 6.45) is 1.55. The van der Waals surface area contributed by atoms with E-state index in [1.54, 1.807) is 14.2 Å². The number of methoxy groups -OCH3 is 2. The summed E-state index contributed by atoms with van der Waals surface area (Å²) in [6.45, 7) is 1.65. The number of benzene rings is 2. The summed E-state index contributed by atoms with van der Waals surface area (Å²) in [4.78, 5) is 11.9. The van der Waals surface area contributed by atoms with E-state index in [1.165, 1.54) is 16.7 Å². The summed E-state index contributed by atoms with van der Waals surface area (Å²) in [6, 6.07) is 8.18. The van der Waals surface area contributed by atoms with E-state index >= 15 is 0 Å². The average Bonchev–Trinajstić information content (AvgIpc) is 3.17. The van der Waals surface area contributed by atoms with Gasteiger partial charge in [0.1, 0.15) is 12.6 Å². The highest BCUT2D eigenvalue weighted by Gasteiger charge is 2.48. The number of quaternary nitrogens is 1. The van der Waals surface area contributed by atoms with Crippen LogP contribution in [0.4, 0.5) is 0 Å². The van der Waals surface area contributed by atoms with E-state index in [0.717, 1.165) is 36.4 Å². The van der Waals surface area contributed by atoms with Crippen LogP contribution in [-0.4, -0.2) is 49.7 Å². The van der Waals surface area contributed by atoms with Gasteiger partial charge in [0.15, 0.2) is 29.5 Å². The molecule has 0 bridgehead atoms. The second-order valence-corrected chi connectivity index (χ2v) is 7.97. The van der Waals surface area contributed by atoms with Crippen LogP contribution in [0.2, 0.25) is 0 Å². The van der Waals surface area contributed by atoms with Gasteiger partial charge < -0.3 is 28.5 Å². The van der Waals surface area contributed by atoms with Gasteiger partial charge >= 0.3 is 5.97 Å². The lowest BCUT2D eigenvalue weighted by molar-refractivity contribution is -0.967. The van der Waals surface area contributed by atoms with Gasteiger partial charge in [0, 0.05) is 18.4 Å². The van der Waals surface area contributed by atoms with Crippen molar-refractivity contribution in [3.8, 4) is 23.0 Å². The van der Waals surface area contributed by atoms with Gasteiger partial charge in [0.05, 0.1) is 26.3 Å². The van der Waals surface area contributed by atoms with Crippen LogP contribution in [0, 0.1) is 0 Å². The molecule has 2 aromatic carbocycles. The number of carboxylic acids is 1. The smallest absolute Gasteiger partial charge is 0.359 e. The van der Waals surface area contributed by atoms with E-state index in [4.69, 9.17) is 18.9 Å². The van der Waals surface area contributed by atoms with Gasteiger partial charge in [-0.15, -0.1) is 0 Å². The van der Waals surface area contributed by atoms with Crippen LogP contribution in [0.25, 0.3) is 0 Å².